The van der Waals surface area contributed by atoms with E-state index in [-0.39, 0.29) is 5.82 Å². The van der Waals surface area contributed by atoms with Crippen LogP contribution < -0.4 is 5.32 Å². The van der Waals surface area contributed by atoms with Gasteiger partial charge in [0.25, 0.3) is 0 Å². The van der Waals surface area contributed by atoms with Crippen LogP contribution in [0.4, 0.5) is 4.39 Å². The maximum Gasteiger partial charge on any atom is 0.124 e. The number of alkyl halides is 1. The largest absolute Gasteiger partial charge is 0.313 e. The van der Waals surface area contributed by atoms with Crippen molar-refractivity contribution >= 4 is 38.5 Å². The molecule has 0 unspecified atom stereocenters. The van der Waals surface area contributed by atoms with Crippen molar-refractivity contribution in [3.63, 3.8) is 0 Å². The van der Waals surface area contributed by atoms with Gasteiger partial charge in [-0.25, -0.2) is 4.39 Å². The summed E-state index contributed by atoms with van der Waals surface area (Å²) in [5.74, 6) is -0.187. The second kappa shape index (κ2) is 7.57. The van der Waals surface area contributed by atoms with E-state index in [1.807, 2.05) is 6.07 Å². The molecule has 0 saturated heterocycles. The zero-order valence-electron chi connectivity index (χ0n) is 8.40. The van der Waals surface area contributed by atoms with Gasteiger partial charge in [0, 0.05) is 11.0 Å². The molecule has 0 amide bonds. The van der Waals surface area contributed by atoms with Gasteiger partial charge in [-0.05, 0) is 47.6 Å². The third-order valence-electron chi connectivity index (χ3n) is 1.99. The van der Waals surface area contributed by atoms with Gasteiger partial charge in [0.2, 0.25) is 0 Å². The Balaban J connectivity index is 2.31. The lowest BCUT2D eigenvalue weighted by molar-refractivity contribution is 0.614. The smallest absolute Gasteiger partial charge is 0.124 e. The minimum Gasteiger partial charge on any atom is -0.313 e. The highest BCUT2D eigenvalue weighted by Gasteiger charge is 1.98. The van der Waals surface area contributed by atoms with E-state index in [0.29, 0.717) is 0 Å². The summed E-state index contributed by atoms with van der Waals surface area (Å²) in [6.07, 6.45) is 2.42. The molecule has 0 bridgehead atoms. The molecule has 0 aliphatic heterocycles. The van der Waals surface area contributed by atoms with E-state index in [1.165, 1.54) is 23.3 Å². The quantitative estimate of drug-likeness (QED) is 0.445. The molecule has 15 heavy (non-hydrogen) atoms. The lowest BCUT2D eigenvalue weighted by Crippen LogP contribution is -2.14. The summed E-state index contributed by atoms with van der Waals surface area (Å²) in [5.41, 5.74) is 0.983. The van der Waals surface area contributed by atoms with Crippen molar-refractivity contribution in [2.75, 3.05) is 11.0 Å². The molecule has 0 heterocycles. The van der Waals surface area contributed by atoms with Crippen molar-refractivity contribution in [3.05, 3.63) is 34.1 Å². The number of rotatable bonds is 6. The topological polar surface area (TPSA) is 12.0 Å². The van der Waals surface area contributed by atoms with Gasteiger partial charge in [-0.2, -0.15) is 0 Å². The van der Waals surface area contributed by atoms with Crippen LogP contribution >= 0.6 is 38.5 Å². The van der Waals surface area contributed by atoms with Gasteiger partial charge in [-0.1, -0.05) is 38.5 Å². The lowest BCUT2D eigenvalue weighted by atomic mass is 10.2. The van der Waals surface area contributed by atoms with Crippen LogP contribution in [0.3, 0.4) is 0 Å². The normalized spacial score (nSPS) is 10.6. The van der Waals surface area contributed by atoms with Gasteiger partial charge >= 0.3 is 0 Å². The van der Waals surface area contributed by atoms with E-state index in [0.717, 1.165) is 23.1 Å². The molecule has 0 aliphatic carbocycles. The maximum absolute atomic E-state index is 13.0. The molecule has 0 aromatic heterocycles. The Bertz CT molecular complexity index is 286. The molecule has 1 N–H and O–H groups in total. The molecular formula is C11H14BrFIN. The summed E-state index contributed by atoms with van der Waals surface area (Å²) >= 11 is 5.65. The van der Waals surface area contributed by atoms with Crippen molar-refractivity contribution in [1.29, 1.82) is 0 Å². The second-order valence-corrected chi connectivity index (χ2v) is 5.34. The fraction of sp³-hybridized carbons (Fsp3) is 0.455. The van der Waals surface area contributed by atoms with Crippen molar-refractivity contribution in [2.45, 2.75) is 19.4 Å². The molecule has 0 saturated carbocycles. The first kappa shape index (κ1) is 13.4. The molecule has 84 valence electrons. The standard InChI is InChI=1S/C11H14BrFIN/c12-10-5-9(6-11(13)7-10)8-15-4-2-1-3-14/h5-7,15H,1-4,8H2. The van der Waals surface area contributed by atoms with Crippen LogP contribution in [0.1, 0.15) is 18.4 Å². The van der Waals surface area contributed by atoms with E-state index in [1.54, 1.807) is 6.07 Å². The van der Waals surface area contributed by atoms with Gasteiger partial charge < -0.3 is 5.32 Å². The van der Waals surface area contributed by atoms with E-state index in [9.17, 15) is 4.39 Å². The lowest BCUT2D eigenvalue weighted by Gasteiger charge is -2.05. The van der Waals surface area contributed by atoms with Crippen molar-refractivity contribution in [1.82, 2.24) is 5.32 Å². The van der Waals surface area contributed by atoms with Gasteiger partial charge in [0.05, 0.1) is 0 Å². The van der Waals surface area contributed by atoms with Gasteiger partial charge in [-0.3, -0.25) is 0 Å². The number of unbranched alkanes of at least 4 members (excludes halogenated alkanes) is 1. The van der Waals surface area contributed by atoms with Crippen LogP contribution in [-0.4, -0.2) is 11.0 Å². The highest BCUT2D eigenvalue weighted by molar-refractivity contribution is 14.1. The summed E-state index contributed by atoms with van der Waals surface area (Å²) in [4.78, 5) is 0. The molecule has 4 heteroatoms. The summed E-state index contributed by atoms with van der Waals surface area (Å²) < 4.78 is 15.0. The zero-order chi connectivity index (χ0) is 11.1. The van der Waals surface area contributed by atoms with Gasteiger partial charge in [-0.15, -0.1) is 0 Å². The molecule has 0 atom stereocenters. The van der Waals surface area contributed by atoms with Crippen LogP contribution in [0.25, 0.3) is 0 Å². The molecule has 0 spiro atoms. The number of hydrogen-bond donors (Lipinski definition) is 1. The molecular weight excluding hydrogens is 372 g/mol. The first-order chi connectivity index (χ1) is 7.22. The van der Waals surface area contributed by atoms with E-state index < -0.39 is 0 Å². The fourth-order valence-electron chi connectivity index (χ4n) is 1.29. The van der Waals surface area contributed by atoms with Crippen LogP contribution in [0.2, 0.25) is 0 Å². The maximum atomic E-state index is 13.0. The fourth-order valence-corrected chi connectivity index (χ4v) is 2.34. The third kappa shape index (κ3) is 5.82. The Kier molecular flexibility index (Phi) is 6.76. The van der Waals surface area contributed by atoms with Crippen LogP contribution in [0.5, 0.6) is 0 Å². The highest BCUT2D eigenvalue weighted by atomic mass is 127. The monoisotopic (exact) mass is 385 g/mol. The summed E-state index contributed by atoms with van der Waals surface area (Å²) in [6.45, 7) is 1.73. The first-order valence-electron chi connectivity index (χ1n) is 4.94. The van der Waals surface area contributed by atoms with E-state index in [2.05, 4.69) is 43.8 Å². The Morgan fingerprint density at radius 1 is 1.27 bits per heavy atom. The zero-order valence-corrected chi connectivity index (χ0v) is 12.1. The Morgan fingerprint density at radius 2 is 2.07 bits per heavy atom. The van der Waals surface area contributed by atoms with Gasteiger partial charge in [0.1, 0.15) is 5.82 Å². The number of benzene rings is 1. The Hall–Kier alpha value is 0.320. The second-order valence-electron chi connectivity index (χ2n) is 3.35. The van der Waals surface area contributed by atoms with Crippen molar-refractivity contribution < 1.29 is 4.39 Å². The Labute approximate surface area is 112 Å². The van der Waals surface area contributed by atoms with E-state index >= 15 is 0 Å². The van der Waals surface area contributed by atoms with E-state index in [4.69, 9.17) is 0 Å². The number of halogens is 3. The first-order valence-corrected chi connectivity index (χ1v) is 7.26. The minimum absolute atomic E-state index is 0.187. The molecule has 1 aromatic carbocycles. The summed E-state index contributed by atoms with van der Waals surface area (Å²) in [6, 6.07) is 4.98. The minimum atomic E-state index is -0.187. The molecule has 1 rings (SSSR count). The predicted octanol–water partition coefficient (Wildman–Crippen LogP) is 3.89. The van der Waals surface area contributed by atoms with Crippen molar-refractivity contribution in [3.8, 4) is 0 Å². The highest BCUT2D eigenvalue weighted by Crippen LogP contribution is 2.14. The summed E-state index contributed by atoms with van der Waals surface area (Å²) in [5, 5.41) is 3.30. The van der Waals surface area contributed by atoms with Crippen LogP contribution in [0.15, 0.2) is 22.7 Å². The average Bonchev–Trinajstić information content (AvgIpc) is 2.16. The van der Waals surface area contributed by atoms with Gasteiger partial charge in [0.15, 0.2) is 0 Å². The summed E-state index contributed by atoms with van der Waals surface area (Å²) in [7, 11) is 0. The Morgan fingerprint density at radius 3 is 2.73 bits per heavy atom. The SMILES string of the molecule is Fc1cc(Br)cc(CNCCCCI)c1. The number of hydrogen-bond acceptors (Lipinski definition) is 1. The third-order valence-corrected chi connectivity index (χ3v) is 3.21. The molecule has 0 radical (unpaired) electrons. The average molecular weight is 386 g/mol. The van der Waals surface area contributed by atoms with Crippen LogP contribution in [0, 0.1) is 5.82 Å². The number of nitrogens with one attached hydrogen (secondary N) is 1. The van der Waals surface area contributed by atoms with Crippen LogP contribution in [-0.2, 0) is 6.54 Å². The molecule has 1 nitrogen and oxygen atoms in total. The predicted molar refractivity (Wildman–Crippen MR) is 73.9 cm³/mol. The molecule has 1 aromatic rings. The van der Waals surface area contributed by atoms with Crippen molar-refractivity contribution in [2.24, 2.45) is 0 Å². The molecule has 0 aliphatic rings. The molecule has 0 fully saturated rings.